The molecule has 1 N–H and O–H groups in total. The maximum atomic E-state index is 5.71. The van der Waals surface area contributed by atoms with Crippen LogP contribution in [0.3, 0.4) is 0 Å². The molecule has 3 rings (SSSR count). The van der Waals surface area contributed by atoms with Crippen molar-refractivity contribution in [3.8, 4) is 5.88 Å². The third-order valence-electron chi connectivity index (χ3n) is 3.72. The average Bonchev–Trinajstić information content (AvgIpc) is 2.78. The second kappa shape index (κ2) is 6.75. The first-order chi connectivity index (χ1) is 10.7. The zero-order valence-corrected chi connectivity index (χ0v) is 13.1. The molecule has 2 heterocycles. The fraction of sp³-hybridized carbons (Fsp3) is 0.412. The van der Waals surface area contributed by atoms with E-state index in [1.54, 1.807) is 0 Å². The van der Waals surface area contributed by atoms with Crippen molar-refractivity contribution in [1.82, 2.24) is 15.3 Å². The monoisotopic (exact) mass is 298 g/mol. The van der Waals surface area contributed by atoms with Crippen LogP contribution in [0.2, 0.25) is 0 Å². The number of anilines is 1. The molecule has 0 unspecified atom stereocenters. The Hall–Kier alpha value is -2.14. The Morgan fingerprint density at radius 1 is 1.27 bits per heavy atom. The molecule has 116 valence electrons. The predicted octanol–water partition coefficient (Wildman–Crippen LogP) is 2.37. The maximum absolute atomic E-state index is 5.71. The average molecular weight is 298 g/mol. The van der Waals surface area contributed by atoms with E-state index in [1.165, 1.54) is 5.56 Å². The zero-order chi connectivity index (χ0) is 15.4. The molecule has 2 aromatic rings. The number of fused-ring (bicyclic) bond motifs is 1. The lowest BCUT2D eigenvalue weighted by Gasteiger charge is -2.28. The Kier molecular flexibility index (Phi) is 4.53. The Morgan fingerprint density at radius 2 is 2.09 bits per heavy atom. The Bertz CT molecular complexity index is 615. The SMILES string of the molecule is CC(C)N(Cc1ccccc1)c1cnc2c(n1)OCCNC2. The van der Waals surface area contributed by atoms with Gasteiger partial charge in [0.25, 0.3) is 0 Å². The molecule has 0 amide bonds. The van der Waals surface area contributed by atoms with Crippen LogP contribution >= 0.6 is 0 Å². The number of hydrogen-bond donors (Lipinski definition) is 1. The van der Waals surface area contributed by atoms with Crippen LogP contribution in [0, 0.1) is 0 Å². The molecular weight excluding hydrogens is 276 g/mol. The molecule has 1 aromatic carbocycles. The first-order valence-electron chi connectivity index (χ1n) is 7.74. The van der Waals surface area contributed by atoms with Crippen LogP contribution in [0.4, 0.5) is 5.82 Å². The van der Waals surface area contributed by atoms with Crippen molar-refractivity contribution in [2.45, 2.75) is 33.0 Å². The van der Waals surface area contributed by atoms with Gasteiger partial charge < -0.3 is 15.0 Å². The largest absolute Gasteiger partial charge is 0.475 e. The number of nitrogens with one attached hydrogen (secondary N) is 1. The van der Waals surface area contributed by atoms with E-state index in [4.69, 9.17) is 9.72 Å². The van der Waals surface area contributed by atoms with Crippen molar-refractivity contribution in [2.24, 2.45) is 0 Å². The maximum Gasteiger partial charge on any atom is 0.239 e. The Morgan fingerprint density at radius 3 is 2.86 bits per heavy atom. The normalized spacial score (nSPS) is 14.1. The number of benzene rings is 1. The Labute approximate surface area is 131 Å². The van der Waals surface area contributed by atoms with Gasteiger partial charge in [-0.25, -0.2) is 0 Å². The van der Waals surface area contributed by atoms with Crippen LogP contribution in [0.25, 0.3) is 0 Å². The van der Waals surface area contributed by atoms with Gasteiger partial charge in [-0.15, -0.1) is 0 Å². The third kappa shape index (κ3) is 3.36. The number of aromatic nitrogens is 2. The van der Waals surface area contributed by atoms with E-state index in [-0.39, 0.29) is 0 Å². The van der Waals surface area contributed by atoms with Gasteiger partial charge in [0.1, 0.15) is 12.3 Å². The highest BCUT2D eigenvalue weighted by atomic mass is 16.5. The van der Waals surface area contributed by atoms with E-state index in [2.05, 4.69) is 53.3 Å². The molecule has 22 heavy (non-hydrogen) atoms. The van der Waals surface area contributed by atoms with Crippen molar-refractivity contribution < 1.29 is 4.74 Å². The van der Waals surface area contributed by atoms with E-state index in [0.29, 0.717) is 25.1 Å². The van der Waals surface area contributed by atoms with Crippen molar-refractivity contribution >= 4 is 5.82 Å². The quantitative estimate of drug-likeness (QED) is 0.939. The summed E-state index contributed by atoms with van der Waals surface area (Å²) in [7, 11) is 0. The molecule has 1 aliphatic rings. The molecule has 0 spiro atoms. The van der Waals surface area contributed by atoms with Gasteiger partial charge in [0.2, 0.25) is 5.88 Å². The van der Waals surface area contributed by atoms with Gasteiger partial charge in [-0.2, -0.15) is 4.98 Å². The van der Waals surface area contributed by atoms with Gasteiger partial charge >= 0.3 is 0 Å². The highest BCUT2D eigenvalue weighted by Gasteiger charge is 2.17. The summed E-state index contributed by atoms with van der Waals surface area (Å²) in [6, 6.07) is 10.7. The van der Waals surface area contributed by atoms with Crippen molar-refractivity contribution in [3.05, 3.63) is 47.8 Å². The lowest BCUT2D eigenvalue weighted by Crippen LogP contribution is -2.31. The van der Waals surface area contributed by atoms with Gasteiger partial charge in [0, 0.05) is 25.7 Å². The van der Waals surface area contributed by atoms with Crippen molar-refractivity contribution in [2.75, 3.05) is 18.1 Å². The van der Waals surface area contributed by atoms with Crippen LogP contribution in [0.1, 0.15) is 25.1 Å². The first-order valence-corrected chi connectivity index (χ1v) is 7.74. The van der Waals surface area contributed by atoms with Gasteiger partial charge in [0.05, 0.1) is 6.20 Å². The topological polar surface area (TPSA) is 50.3 Å². The molecule has 0 aliphatic carbocycles. The van der Waals surface area contributed by atoms with E-state index in [0.717, 1.165) is 24.6 Å². The second-order valence-electron chi connectivity index (χ2n) is 5.71. The van der Waals surface area contributed by atoms with Crippen LogP contribution in [-0.4, -0.2) is 29.2 Å². The number of rotatable bonds is 4. The Balaban J connectivity index is 1.87. The van der Waals surface area contributed by atoms with Crippen LogP contribution in [0.15, 0.2) is 36.5 Å². The highest BCUT2D eigenvalue weighted by Crippen LogP contribution is 2.23. The van der Waals surface area contributed by atoms with E-state index >= 15 is 0 Å². The molecule has 0 saturated heterocycles. The molecule has 1 aromatic heterocycles. The zero-order valence-electron chi connectivity index (χ0n) is 13.1. The predicted molar refractivity (Wildman–Crippen MR) is 87.0 cm³/mol. The van der Waals surface area contributed by atoms with Gasteiger partial charge in [-0.05, 0) is 19.4 Å². The van der Waals surface area contributed by atoms with E-state index in [9.17, 15) is 0 Å². The minimum absolute atomic E-state index is 0.330. The number of hydrogen-bond acceptors (Lipinski definition) is 5. The molecule has 5 nitrogen and oxygen atoms in total. The lowest BCUT2D eigenvalue weighted by atomic mass is 10.2. The molecule has 5 heteroatoms. The molecule has 1 aliphatic heterocycles. The van der Waals surface area contributed by atoms with Crippen molar-refractivity contribution in [3.63, 3.8) is 0 Å². The van der Waals surface area contributed by atoms with Gasteiger partial charge in [0.15, 0.2) is 5.82 Å². The number of ether oxygens (including phenoxy) is 1. The first kappa shape index (κ1) is 14.8. The van der Waals surface area contributed by atoms with Gasteiger partial charge in [-0.3, -0.25) is 4.98 Å². The summed E-state index contributed by atoms with van der Waals surface area (Å²) in [5.74, 6) is 1.51. The fourth-order valence-electron chi connectivity index (χ4n) is 2.50. The van der Waals surface area contributed by atoms with Gasteiger partial charge in [-0.1, -0.05) is 30.3 Å². The minimum Gasteiger partial charge on any atom is -0.475 e. The fourth-order valence-corrected chi connectivity index (χ4v) is 2.50. The molecule has 0 fully saturated rings. The van der Waals surface area contributed by atoms with Crippen molar-refractivity contribution in [1.29, 1.82) is 0 Å². The summed E-state index contributed by atoms with van der Waals surface area (Å²) in [5, 5.41) is 3.27. The van der Waals surface area contributed by atoms with E-state index < -0.39 is 0 Å². The lowest BCUT2D eigenvalue weighted by molar-refractivity contribution is 0.313. The molecule has 0 radical (unpaired) electrons. The van der Waals surface area contributed by atoms with E-state index in [1.807, 2.05) is 12.3 Å². The van der Waals surface area contributed by atoms with Crippen LogP contribution in [0.5, 0.6) is 5.88 Å². The summed E-state index contributed by atoms with van der Waals surface area (Å²) in [5.41, 5.74) is 2.14. The minimum atomic E-state index is 0.330. The summed E-state index contributed by atoms with van der Waals surface area (Å²) >= 11 is 0. The molecule has 0 atom stereocenters. The highest BCUT2D eigenvalue weighted by molar-refractivity contribution is 5.42. The molecule has 0 saturated carbocycles. The third-order valence-corrected chi connectivity index (χ3v) is 3.72. The smallest absolute Gasteiger partial charge is 0.239 e. The van der Waals surface area contributed by atoms with Crippen LogP contribution < -0.4 is 15.0 Å². The summed E-state index contributed by atoms with van der Waals surface area (Å²) in [4.78, 5) is 11.5. The number of nitrogens with zero attached hydrogens (tertiary/aromatic N) is 3. The molecule has 0 bridgehead atoms. The summed E-state index contributed by atoms with van der Waals surface area (Å²) < 4.78 is 5.71. The van der Waals surface area contributed by atoms with Crippen LogP contribution in [-0.2, 0) is 13.1 Å². The second-order valence-corrected chi connectivity index (χ2v) is 5.71. The summed E-state index contributed by atoms with van der Waals surface area (Å²) in [6.07, 6.45) is 1.85. The standard InChI is InChI=1S/C17H22N4O/c1-13(2)21(12-14-6-4-3-5-7-14)16-11-19-15-10-18-8-9-22-17(15)20-16/h3-7,11,13,18H,8-10,12H2,1-2H3. The molecular formula is C17H22N4O. The summed E-state index contributed by atoms with van der Waals surface area (Å²) in [6.45, 7) is 7.31.